The maximum Gasteiger partial charge on any atom is 0.119 e. The Morgan fingerprint density at radius 2 is 1.81 bits per heavy atom. The van der Waals surface area contributed by atoms with E-state index in [4.69, 9.17) is 27.9 Å². The SMILES string of the molecule is CCCNC(COc1ccccc1)c1ccc(Cl)c(Cl)c1. The van der Waals surface area contributed by atoms with Crippen LogP contribution in [-0.4, -0.2) is 13.2 Å². The molecule has 0 bridgehead atoms. The molecule has 0 spiro atoms. The highest BCUT2D eigenvalue weighted by Gasteiger charge is 2.13. The Kier molecular flexibility index (Phi) is 6.37. The van der Waals surface area contributed by atoms with E-state index >= 15 is 0 Å². The number of nitrogens with one attached hydrogen (secondary N) is 1. The Morgan fingerprint density at radius 3 is 2.48 bits per heavy atom. The Hall–Kier alpha value is -1.22. The lowest BCUT2D eigenvalue weighted by Gasteiger charge is -2.20. The van der Waals surface area contributed by atoms with Crippen LogP contribution in [0, 0.1) is 0 Å². The summed E-state index contributed by atoms with van der Waals surface area (Å²) in [5.41, 5.74) is 1.08. The van der Waals surface area contributed by atoms with Gasteiger partial charge in [0.1, 0.15) is 12.4 Å². The molecular weight excluding hydrogens is 305 g/mol. The van der Waals surface area contributed by atoms with Crippen LogP contribution in [0.25, 0.3) is 0 Å². The van der Waals surface area contributed by atoms with E-state index in [2.05, 4.69) is 12.2 Å². The topological polar surface area (TPSA) is 21.3 Å². The summed E-state index contributed by atoms with van der Waals surface area (Å²) in [5.74, 6) is 0.862. The molecule has 0 saturated carbocycles. The van der Waals surface area contributed by atoms with E-state index in [1.165, 1.54) is 0 Å². The van der Waals surface area contributed by atoms with Crippen molar-refractivity contribution in [2.24, 2.45) is 0 Å². The van der Waals surface area contributed by atoms with Crippen LogP contribution >= 0.6 is 23.2 Å². The minimum Gasteiger partial charge on any atom is -0.492 e. The summed E-state index contributed by atoms with van der Waals surface area (Å²) in [4.78, 5) is 0. The normalized spacial score (nSPS) is 12.1. The van der Waals surface area contributed by atoms with Gasteiger partial charge in [-0.2, -0.15) is 0 Å². The lowest BCUT2D eigenvalue weighted by molar-refractivity contribution is 0.266. The lowest BCUT2D eigenvalue weighted by Crippen LogP contribution is -2.27. The fourth-order valence-electron chi connectivity index (χ4n) is 2.02. The molecule has 2 aromatic rings. The molecule has 1 atom stereocenters. The second kappa shape index (κ2) is 8.28. The van der Waals surface area contributed by atoms with E-state index in [0.717, 1.165) is 24.3 Å². The summed E-state index contributed by atoms with van der Waals surface area (Å²) in [6.45, 7) is 3.60. The van der Waals surface area contributed by atoms with Crippen molar-refractivity contribution in [2.75, 3.05) is 13.2 Å². The predicted molar refractivity (Wildman–Crippen MR) is 89.4 cm³/mol. The Balaban J connectivity index is 2.08. The Morgan fingerprint density at radius 1 is 1.05 bits per heavy atom. The molecule has 2 rings (SSSR count). The first-order chi connectivity index (χ1) is 10.2. The van der Waals surface area contributed by atoms with Gasteiger partial charge < -0.3 is 10.1 Å². The highest BCUT2D eigenvalue weighted by Crippen LogP contribution is 2.26. The van der Waals surface area contributed by atoms with Gasteiger partial charge in [-0.05, 0) is 42.8 Å². The number of ether oxygens (including phenoxy) is 1. The highest BCUT2D eigenvalue weighted by molar-refractivity contribution is 6.42. The molecule has 4 heteroatoms. The molecule has 21 heavy (non-hydrogen) atoms. The van der Waals surface area contributed by atoms with E-state index in [1.807, 2.05) is 48.5 Å². The van der Waals surface area contributed by atoms with E-state index in [9.17, 15) is 0 Å². The molecule has 0 amide bonds. The average molecular weight is 324 g/mol. The van der Waals surface area contributed by atoms with E-state index in [0.29, 0.717) is 16.7 Å². The van der Waals surface area contributed by atoms with Gasteiger partial charge in [-0.1, -0.05) is 54.4 Å². The third kappa shape index (κ3) is 4.92. The molecule has 2 nitrogen and oxygen atoms in total. The summed E-state index contributed by atoms with van der Waals surface area (Å²) >= 11 is 12.1. The van der Waals surface area contributed by atoms with Crippen molar-refractivity contribution in [3.8, 4) is 5.75 Å². The molecule has 0 aliphatic carbocycles. The van der Waals surface area contributed by atoms with Crippen molar-refractivity contribution in [3.05, 3.63) is 64.1 Å². The summed E-state index contributed by atoms with van der Waals surface area (Å²) < 4.78 is 5.85. The van der Waals surface area contributed by atoms with Crippen LogP contribution in [0.2, 0.25) is 10.0 Å². The quantitative estimate of drug-likeness (QED) is 0.764. The molecule has 0 saturated heterocycles. The van der Waals surface area contributed by atoms with Gasteiger partial charge in [0.2, 0.25) is 0 Å². The van der Waals surface area contributed by atoms with Gasteiger partial charge >= 0.3 is 0 Å². The zero-order valence-corrected chi connectivity index (χ0v) is 13.5. The van der Waals surface area contributed by atoms with Crippen molar-refractivity contribution < 1.29 is 4.74 Å². The van der Waals surface area contributed by atoms with Gasteiger partial charge in [0.05, 0.1) is 16.1 Å². The molecule has 112 valence electrons. The third-order valence-electron chi connectivity index (χ3n) is 3.15. The summed E-state index contributed by atoms with van der Waals surface area (Å²) in [5, 5.41) is 4.61. The van der Waals surface area contributed by atoms with Gasteiger partial charge in [-0.15, -0.1) is 0 Å². The smallest absolute Gasteiger partial charge is 0.119 e. The van der Waals surface area contributed by atoms with Crippen molar-refractivity contribution in [1.29, 1.82) is 0 Å². The molecule has 2 aromatic carbocycles. The minimum absolute atomic E-state index is 0.0833. The van der Waals surface area contributed by atoms with E-state index < -0.39 is 0 Å². The van der Waals surface area contributed by atoms with Crippen LogP contribution in [0.15, 0.2) is 48.5 Å². The molecule has 0 heterocycles. The largest absolute Gasteiger partial charge is 0.492 e. The fourth-order valence-corrected chi connectivity index (χ4v) is 2.32. The predicted octanol–water partition coefficient (Wildman–Crippen LogP) is 5.11. The summed E-state index contributed by atoms with van der Waals surface area (Å²) in [7, 11) is 0. The summed E-state index contributed by atoms with van der Waals surface area (Å²) in [6, 6.07) is 15.6. The number of rotatable bonds is 7. The minimum atomic E-state index is 0.0833. The van der Waals surface area contributed by atoms with Crippen LogP contribution < -0.4 is 10.1 Å². The Bertz CT molecular complexity index is 560. The lowest BCUT2D eigenvalue weighted by atomic mass is 10.1. The second-order valence-electron chi connectivity index (χ2n) is 4.80. The molecule has 0 aromatic heterocycles. The third-order valence-corrected chi connectivity index (χ3v) is 3.89. The molecule has 0 fully saturated rings. The standard InChI is InChI=1S/C17H19Cl2NO/c1-2-10-20-17(12-21-14-6-4-3-5-7-14)13-8-9-15(18)16(19)11-13/h3-9,11,17,20H,2,10,12H2,1H3. The number of benzene rings is 2. The van der Waals surface area contributed by atoms with Crippen molar-refractivity contribution in [2.45, 2.75) is 19.4 Å². The first kappa shape index (κ1) is 16.2. The van der Waals surface area contributed by atoms with Gasteiger partial charge in [-0.3, -0.25) is 0 Å². The van der Waals surface area contributed by atoms with Crippen LogP contribution in [0.4, 0.5) is 0 Å². The highest BCUT2D eigenvalue weighted by atomic mass is 35.5. The van der Waals surface area contributed by atoms with Gasteiger partial charge in [-0.25, -0.2) is 0 Å². The monoisotopic (exact) mass is 323 g/mol. The first-order valence-electron chi connectivity index (χ1n) is 7.07. The Labute approximate surface area is 136 Å². The second-order valence-corrected chi connectivity index (χ2v) is 5.62. The number of halogens is 2. The summed E-state index contributed by atoms with van der Waals surface area (Å²) in [6.07, 6.45) is 1.06. The van der Waals surface area contributed by atoms with E-state index in [-0.39, 0.29) is 6.04 Å². The van der Waals surface area contributed by atoms with Crippen molar-refractivity contribution >= 4 is 23.2 Å². The molecule has 1 unspecified atom stereocenters. The molecule has 0 aliphatic heterocycles. The zero-order chi connectivity index (χ0) is 15.1. The average Bonchev–Trinajstić information content (AvgIpc) is 2.51. The van der Waals surface area contributed by atoms with Gasteiger partial charge in [0.25, 0.3) is 0 Å². The first-order valence-corrected chi connectivity index (χ1v) is 7.82. The number of hydrogen-bond donors (Lipinski definition) is 1. The van der Waals surface area contributed by atoms with Gasteiger partial charge in [0, 0.05) is 0 Å². The van der Waals surface area contributed by atoms with Crippen LogP contribution in [-0.2, 0) is 0 Å². The molecule has 0 radical (unpaired) electrons. The molecule has 0 aliphatic rings. The fraction of sp³-hybridized carbons (Fsp3) is 0.294. The maximum absolute atomic E-state index is 6.11. The van der Waals surface area contributed by atoms with Gasteiger partial charge in [0.15, 0.2) is 0 Å². The van der Waals surface area contributed by atoms with Crippen LogP contribution in [0.1, 0.15) is 24.9 Å². The number of para-hydroxylation sites is 1. The number of hydrogen-bond acceptors (Lipinski definition) is 2. The van der Waals surface area contributed by atoms with Crippen molar-refractivity contribution in [1.82, 2.24) is 5.32 Å². The maximum atomic E-state index is 6.11. The van der Waals surface area contributed by atoms with Crippen LogP contribution in [0.3, 0.4) is 0 Å². The molecule has 1 N–H and O–H groups in total. The van der Waals surface area contributed by atoms with Crippen LogP contribution in [0.5, 0.6) is 5.75 Å². The van der Waals surface area contributed by atoms with Crippen molar-refractivity contribution in [3.63, 3.8) is 0 Å². The zero-order valence-electron chi connectivity index (χ0n) is 12.0. The van der Waals surface area contributed by atoms with E-state index in [1.54, 1.807) is 0 Å². The molecular formula is C17H19Cl2NO.